The summed E-state index contributed by atoms with van der Waals surface area (Å²) in [5, 5.41) is 5.57. The Morgan fingerprint density at radius 1 is 0.829 bits per heavy atom. The highest BCUT2D eigenvalue weighted by molar-refractivity contribution is 7.14. The van der Waals surface area contributed by atoms with Crippen molar-refractivity contribution < 1.29 is 28.5 Å². The van der Waals surface area contributed by atoms with Gasteiger partial charge in [-0.05, 0) is 31.2 Å². The number of carbonyl (C=O) groups excluding carboxylic acids is 2. The van der Waals surface area contributed by atoms with Crippen LogP contribution in [0.15, 0.2) is 72.1 Å². The van der Waals surface area contributed by atoms with Gasteiger partial charge in [-0.1, -0.05) is 48.0 Å². The zero-order chi connectivity index (χ0) is 28.9. The Kier molecular flexibility index (Phi) is 8.11. The van der Waals surface area contributed by atoms with Gasteiger partial charge in [-0.2, -0.15) is 0 Å². The fourth-order valence-corrected chi connectivity index (χ4v) is 5.01. The van der Waals surface area contributed by atoms with E-state index in [9.17, 15) is 9.59 Å². The van der Waals surface area contributed by atoms with Crippen LogP contribution in [0.4, 0.5) is 5.13 Å². The highest BCUT2D eigenvalue weighted by atomic mass is 32.1. The molecule has 0 aliphatic carbocycles. The van der Waals surface area contributed by atoms with Gasteiger partial charge in [0.25, 0.3) is 5.91 Å². The van der Waals surface area contributed by atoms with Crippen molar-refractivity contribution in [1.82, 2.24) is 9.97 Å². The molecule has 1 N–H and O–H groups in total. The van der Waals surface area contributed by atoms with Gasteiger partial charge in [0.05, 0.1) is 43.8 Å². The molecule has 10 heteroatoms. The number of pyridine rings is 1. The normalized spacial score (nSPS) is 10.7. The average molecular weight is 570 g/mol. The van der Waals surface area contributed by atoms with E-state index in [1.807, 2.05) is 42.6 Å². The van der Waals surface area contributed by atoms with Crippen molar-refractivity contribution in [1.29, 1.82) is 0 Å². The lowest BCUT2D eigenvalue weighted by Crippen LogP contribution is -2.21. The van der Waals surface area contributed by atoms with Crippen LogP contribution in [-0.4, -0.2) is 49.8 Å². The third kappa shape index (κ3) is 5.97. The maximum Gasteiger partial charge on any atom is 0.339 e. The first-order valence-corrected chi connectivity index (χ1v) is 13.5. The lowest BCUT2D eigenvalue weighted by molar-refractivity contribution is -0.119. The monoisotopic (exact) mass is 569 g/mol. The summed E-state index contributed by atoms with van der Waals surface area (Å²) in [5.74, 6) is 0.186. The van der Waals surface area contributed by atoms with Crippen molar-refractivity contribution in [2.45, 2.75) is 6.92 Å². The van der Waals surface area contributed by atoms with Gasteiger partial charge in [-0.15, -0.1) is 11.3 Å². The Hall–Kier alpha value is -4.96. The SMILES string of the molecule is COc1cc(-c2cc(C(=O)OCC(=O)Nc3nc(-c4ccc(C)cc4)cs3)c3ccccc3n2)cc(OC)c1OC. The third-order valence-electron chi connectivity index (χ3n) is 6.33. The summed E-state index contributed by atoms with van der Waals surface area (Å²) in [5.41, 5.74) is 4.84. The van der Waals surface area contributed by atoms with Crippen molar-refractivity contribution in [2.75, 3.05) is 33.3 Å². The number of methoxy groups -OCH3 is 3. The van der Waals surface area contributed by atoms with Gasteiger partial charge >= 0.3 is 5.97 Å². The molecular weight excluding hydrogens is 542 g/mol. The number of nitrogens with zero attached hydrogens (tertiary/aromatic N) is 2. The highest BCUT2D eigenvalue weighted by Gasteiger charge is 2.20. The molecule has 0 atom stereocenters. The first kappa shape index (κ1) is 27.6. The van der Waals surface area contributed by atoms with E-state index in [0.717, 1.165) is 16.8 Å². The van der Waals surface area contributed by atoms with Crippen LogP contribution in [0.1, 0.15) is 15.9 Å². The van der Waals surface area contributed by atoms with Gasteiger partial charge in [-0.25, -0.2) is 14.8 Å². The van der Waals surface area contributed by atoms with Crippen molar-refractivity contribution in [2.24, 2.45) is 0 Å². The summed E-state index contributed by atoms with van der Waals surface area (Å²) in [6, 6.07) is 20.3. The van der Waals surface area contributed by atoms with Crippen LogP contribution in [0.3, 0.4) is 0 Å². The quantitative estimate of drug-likeness (QED) is 0.210. The molecule has 2 heterocycles. The van der Waals surface area contributed by atoms with Gasteiger partial charge in [0, 0.05) is 21.9 Å². The number of fused-ring (bicyclic) bond motifs is 1. The molecule has 5 aromatic rings. The van der Waals surface area contributed by atoms with E-state index in [0.29, 0.717) is 44.5 Å². The summed E-state index contributed by atoms with van der Waals surface area (Å²) < 4.78 is 21.8. The third-order valence-corrected chi connectivity index (χ3v) is 7.09. The van der Waals surface area contributed by atoms with E-state index in [1.54, 1.807) is 36.4 Å². The van der Waals surface area contributed by atoms with Crippen LogP contribution in [0.2, 0.25) is 0 Å². The van der Waals surface area contributed by atoms with Gasteiger partial charge in [-0.3, -0.25) is 10.1 Å². The molecule has 0 unspecified atom stereocenters. The summed E-state index contributed by atoms with van der Waals surface area (Å²) in [6.07, 6.45) is 0. The second-order valence-corrected chi connectivity index (χ2v) is 9.87. The molecule has 3 aromatic carbocycles. The molecule has 208 valence electrons. The molecule has 0 bridgehead atoms. The summed E-state index contributed by atoms with van der Waals surface area (Å²) >= 11 is 1.30. The molecule has 0 radical (unpaired) electrons. The van der Waals surface area contributed by atoms with Crippen molar-refractivity contribution in [3.05, 3.63) is 83.2 Å². The van der Waals surface area contributed by atoms with Gasteiger partial charge in [0.1, 0.15) is 0 Å². The number of nitrogens with one attached hydrogen (secondary N) is 1. The van der Waals surface area contributed by atoms with Crippen LogP contribution in [0.5, 0.6) is 17.2 Å². The van der Waals surface area contributed by atoms with E-state index in [4.69, 9.17) is 23.9 Å². The topological polar surface area (TPSA) is 109 Å². The molecule has 41 heavy (non-hydrogen) atoms. The molecule has 0 spiro atoms. The van der Waals surface area contributed by atoms with Gasteiger partial charge < -0.3 is 18.9 Å². The molecule has 0 aliphatic rings. The standard InChI is InChI=1S/C31H27N3O6S/c1-18-9-11-19(12-10-18)25-17-41-31(33-25)34-28(35)16-40-30(36)22-15-24(32-23-8-6-5-7-21(22)23)20-13-26(37-2)29(39-4)27(14-20)38-3/h5-15,17H,16H2,1-4H3,(H,33,34,35). The maximum atomic E-state index is 13.2. The Morgan fingerprint density at radius 3 is 2.22 bits per heavy atom. The number of esters is 1. The minimum absolute atomic E-state index is 0.267. The molecule has 0 aliphatic heterocycles. The van der Waals surface area contributed by atoms with Gasteiger partial charge in [0.15, 0.2) is 23.2 Å². The number of thiazole rings is 1. The Labute approximate surface area is 240 Å². The molecule has 0 saturated heterocycles. The van der Waals surface area contributed by atoms with E-state index in [1.165, 1.54) is 32.7 Å². The molecule has 2 aromatic heterocycles. The van der Waals surface area contributed by atoms with Crippen molar-refractivity contribution in [3.8, 4) is 39.8 Å². The van der Waals surface area contributed by atoms with Crippen LogP contribution in [0.25, 0.3) is 33.4 Å². The van der Waals surface area contributed by atoms with Crippen LogP contribution in [-0.2, 0) is 9.53 Å². The Balaban J connectivity index is 1.36. The molecule has 5 rings (SSSR count). The van der Waals surface area contributed by atoms with E-state index < -0.39 is 18.5 Å². The number of anilines is 1. The van der Waals surface area contributed by atoms with E-state index in [2.05, 4.69) is 10.3 Å². The zero-order valence-electron chi connectivity index (χ0n) is 22.9. The zero-order valence-corrected chi connectivity index (χ0v) is 23.7. The first-order chi connectivity index (χ1) is 19.9. The van der Waals surface area contributed by atoms with Crippen LogP contribution >= 0.6 is 11.3 Å². The van der Waals surface area contributed by atoms with Crippen molar-refractivity contribution in [3.63, 3.8) is 0 Å². The predicted octanol–water partition coefficient (Wildman–Crippen LogP) is 6.16. The lowest BCUT2D eigenvalue weighted by atomic mass is 10.0. The number of aromatic nitrogens is 2. The molecule has 9 nitrogen and oxygen atoms in total. The second-order valence-electron chi connectivity index (χ2n) is 9.01. The fraction of sp³-hybridized carbons (Fsp3) is 0.161. The lowest BCUT2D eigenvalue weighted by Gasteiger charge is -2.15. The summed E-state index contributed by atoms with van der Waals surface area (Å²) in [4.78, 5) is 35.1. The van der Waals surface area contributed by atoms with E-state index in [-0.39, 0.29) is 5.56 Å². The minimum Gasteiger partial charge on any atom is -0.493 e. The fourth-order valence-electron chi connectivity index (χ4n) is 4.27. The number of ether oxygens (including phenoxy) is 4. The van der Waals surface area contributed by atoms with Crippen molar-refractivity contribution >= 4 is 39.2 Å². The largest absolute Gasteiger partial charge is 0.493 e. The molecule has 0 fully saturated rings. The maximum absolute atomic E-state index is 13.2. The summed E-state index contributed by atoms with van der Waals surface area (Å²) in [7, 11) is 4.57. The minimum atomic E-state index is -0.660. The van der Waals surface area contributed by atoms with E-state index >= 15 is 0 Å². The first-order valence-electron chi connectivity index (χ1n) is 12.6. The number of rotatable bonds is 9. The average Bonchev–Trinajstić information content (AvgIpc) is 3.47. The summed E-state index contributed by atoms with van der Waals surface area (Å²) in [6.45, 7) is 1.54. The second kappa shape index (κ2) is 12.1. The number of benzene rings is 3. The molecule has 1 amide bonds. The number of para-hydroxylation sites is 1. The van der Waals surface area contributed by atoms with Gasteiger partial charge in [0.2, 0.25) is 5.75 Å². The number of carbonyl (C=O) groups is 2. The molecular formula is C31H27N3O6S. The predicted molar refractivity (Wildman–Crippen MR) is 158 cm³/mol. The van der Waals surface area contributed by atoms with Crippen LogP contribution in [0, 0.1) is 6.92 Å². The smallest absolute Gasteiger partial charge is 0.339 e. The number of amides is 1. The number of hydrogen-bond acceptors (Lipinski definition) is 9. The Bertz CT molecular complexity index is 1710. The number of aryl methyl sites for hydroxylation is 1. The molecule has 0 saturated carbocycles. The Morgan fingerprint density at radius 2 is 1.54 bits per heavy atom. The highest BCUT2D eigenvalue weighted by Crippen LogP contribution is 2.41. The van der Waals surface area contributed by atoms with Crippen LogP contribution < -0.4 is 19.5 Å². The number of hydrogen-bond donors (Lipinski definition) is 1.